The van der Waals surface area contributed by atoms with Crippen LogP contribution in [0.25, 0.3) is 0 Å². The molecule has 5 heteroatoms. The lowest BCUT2D eigenvalue weighted by molar-refractivity contribution is -0.116. The van der Waals surface area contributed by atoms with Gasteiger partial charge in [0, 0.05) is 12.5 Å². The molecule has 5 nitrogen and oxygen atoms in total. The molecule has 1 aliphatic heterocycles. The van der Waals surface area contributed by atoms with Gasteiger partial charge in [0.25, 0.3) is 5.91 Å². The molecular formula is C10H8N3O2. The summed E-state index contributed by atoms with van der Waals surface area (Å²) in [4.78, 5) is 22.0. The van der Waals surface area contributed by atoms with Crippen LogP contribution in [0.15, 0.2) is 29.4 Å². The molecule has 2 amide bonds. The molecule has 0 spiro atoms. The van der Waals surface area contributed by atoms with E-state index in [9.17, 15) is 9.59 Å². The third kappa shape index (κ3) is 1.71. The number of hydrazone groups is 1. The lowest BCUT2D eigenvalue weighted by atomic mass is 10.1. The Bertz CT molecular complexity index is 465. The van der Waals surface area contributed by atoms with Crippen molar-refractivity contribution in [3.8, 4) is 0 Å². The Morgan fingerprint density at radius 2 is 2.13 bits per heavy atom. The molecule has 0 atom stereocenters. The van der Waals surface area contributed by atoms with Crippen molar-refractivity contribution < 1.29 is 9.59 Å². The number of carbonyl (C=O) groups excluding carboxylic acids is 2. The SMILES string of the molecule is [CH2]C(=O)NN=C1C(=O)Nc2ccccc21. The summed E-state index contributed by atoms with van der Waals surface area (Å²) >= 11 is 0. The molecule has 0 fully saturated rings. The van der Waals surface area contributed by atoms with Crippen LogP contribution in [0.2, 0.25) is 0 Å². The van der Waals surface area contributed by atoms with Gasteiger partial charge in [0.2, 0.25) is 5.91 Å². The van der Waals surface area contributed by atoms with Gasteiger partial charge in [-0.05, 0) is 6.07 Å². The Morgan fingerprint density at radius 3 is 2.87 bits per heavy atom. The van der Waals surface area contributed by atoms with Gasteiger partial charge in [-0.25, -0.2) is 5.43 Å². The van der Waals surface area contributed by atoms with E-state index in [2.05, 4.69) is 22.8 Å². The van der Waals surface area contributed by atoms with Gasteiger partial charge in [-0.1, -0.05) is 18.2 Å². The number of hydrogen-bond donors (Lipinski definition) is 2. The lowest BCUT2D eigenvalue weighted by Gasteiger charge is -1.96. The van der Waals surface area contributed by atoms with Crippen molar-refractivity contribution >= 4 is 23.2 Å². The molecule has 0 bridgehead atoms. The Kier molecular flexibility index (Phi) is 2.21. The van der Waals surface area contributed by atoms with E-state index in [1.54, 1.807) is 18.2 Å². The van der Waals surface area contributed by atoms with Crippen LogP contribution in [-0.4, -0.2) is 17.5 Å². The van der Waals surface area contributed by atoms with Crippen LogP contribution < -0.4 is 10.7 Å². The largest absolute Gasteiger partial charge is 0.320 e. The van der Waals surface area contributed by atoms with Crippen molar-refractivity contribution in [3.63, 3.8) is 0 Å². The smallest absolute Gasteiger partial charge is 0.276 e. The lowest BCUT2D eigenvalue weighted by Crippen LogP contribution is -2.21. The minimum atomic E-state index is -0.556. The maximum Gasteiger partial charge on any atom is 0.276 e. The highest BCUT2D eigenvalue weighted by Gasteiger charge is 2.25. The first-order valence-corrected chi connectivity index (χ1v) is 4.29. The summed E-state index contributed by atoms with van der Waals surface area (Å²) in [6, 6.07) is 7.12. The fourth-order valence-corrected chi connectivity index (χ4v) is 1.33. The normalized spacial score (nSPS) is 16.1. The molecule has 15 heavy (non-hydrogen) atoms. The number of para-hydroxylation sites is 1. The predicted molar refractivity (Wildman–Crippen MR) is 55.1 cm³/mol. The molecule has 0 aromatic heterocycles. The average molecular weight is 202 g/mol. The van der Waals surface area contributed by atoms with Crippen LogP contribution in [0.3, 0.4) is 0 Å². The maximum atomic E-state index is 11.4. The zero-order valence-corrected chi connectivity index (χ0v) is 7.78. The van der Waals surface area contributed by atoms with Crippen LogP contribution in [0.4, 0.5) is 5.69 Å². The molecule has 0 unspecified atom stereocenters. The number of fused-ring (bicyclic) bond motifs is 1. The van der Waals surface area contributed by atoms with E-state index in [1.807, 2.05) is 6.07 Å². The summed E-state index contributed by atoms with van der Waals surface area (Å²) in [5, 5.41) is 6.32. The minimum absolute atomic E-state index is 0.197. The van der Waals surface area contributed by atoms with E-state index in [-0.39, 0.29) is 11.6 Å². The molecule has 2 N–H and O–H groups in total. The summed E-state index contributed by atoms with van der Waals surface area (Å²) in [5.41, 5.74) is 3.70. The van der Waals surface area contributed by atoms with Gasteiger partial charge in [-0.15, -0.1) is 0 Å². The molecule has 0 aliphatic carbocycles. The predicted octanol–water partition coefficient (Wildman–Crippen LogP) is 0.293. The average Bonchev–Trinajstić information content (AvgIpc) is 2.50. The van der Waals surface area contributed by atoms with Crippen molar-refractivity contribution in [2.75, 3.05) is 5.32 Å². The third-order valence-corrected chi connectivity index (χ3v) is 1.94. The van der Waals surface area contributed by atoms with Gasteiger partial charge >= 0.3 is 0 Å². The first kappa shape index (κ1) is 9.39. The Hall–Kier alpha value is -2.17. The quantitative estimate of drug-likeness (QED) is 0.643. The van der Waals surface area contributed by atoms with Gasteiger partial charge in [0.1, 0.15) is 0 Å². The number of nitrogens with one attached hydrogen (secondary N) is 2. The van der Waals surface area contributed by atoms with Gasteiger partial charge < -0.3 is 5.32 Å². The summed E-state index contributed by atoms with van der Waals surface area (Å²) in [6.45, 7) is 3.09. The Labute approximate surface area is 86.2 Å². The van der Waals surface area contributed by atoms with E-state index < -0.39 is 5.91 Å². The Morgan fingerprint density at radius 1 is 1.40 bits per heavy atom. The molecule has 1 aromatic carbocycles. The second-order valence-corrected chi connectivity index (χ2v) is 3.00. The van der Waals surface area contributed by atoms with Crippen molar-refractivity contribution in [2.24, 2.45) is 5.10 Å². The van der Waals surface area contributed by atoms with Gasteiger partial charge in [-0.2, -0.15) is 5.10 Å². The zero-order chi connectivity index (χ0) is 10.8. The summed E-state index contributed by atoms with van der Waals surface area (Å²) in [7, 11) is 0. The standard InChI is InChI=1S/C10H8N3O2/c1-6(14)12-13-9-7-4-2-3-5-8(7)11-10(9)15/h2-5H,1H2,(H,12,14)(H,11,13,15). The highest BCUT2D eigenvalue weighted by Crippen LogP contribution is 2.22. The van der Waals surface area contributed by atoms with E-state index in [1.165, 1.54) is 0 Å². The molecule has 1 heterocycles. The fourth-order valence-electron chi connectivity index (χ4n) is 1.33. The third-order valence-electron chi connectivity index (χ3n) is 1.94. The van der Waals surface area contributed by atoms with Crippen molar-refractivity contribution in [1.82, 2.24) is 5.43 Å². The van der Waals surface area contributed by atoms with Crippen LogP contribution >= 0.6 is 0 Å². The number of carbonyl (C=O) groups is 2. The molecular weight excluding hydrogens is 194 g/mol. The number of rotatable bonds is 1. The molecule has 1 aromatic rings. The number of benzene rings is 1. The monoisotopic (exact) mass is 202 g/mol. The molecule has 1 radical (unpaired) electrons. The fraction of sp³-hybridized carbons (Fsp3) is 0. The van der Waals surface area contributed by atoms with Crippen molar-refractivity contribution in [1.29, 1.82) is 0 Å². The van der Waals surface area contributed by atoms with Crippen molar-refractivity contribution in [2.45, 2.75) is 0 Å². The first-order chi connectivity index (χ1) is 7.18. The van der Waals surface area contributed by atoms with Crippen molar-refractivity contribution in [3.05, 3.63) is 36.8 Å². The van der Waals surface area contributed by atoms with E-state index in [0.29, 0.717) is 11.3 Å². The topological polar surface area (TPSA) is 70.6 Å². The number of nitrogens with zero attached hydrogens (tertiary/aromatic N) is 1. The van der Waals surface area contributed by atoms with Crippen LogP contribution in [0, 0.1) is 6.92 Å². The molecule has 0 saturated carbocycles. The summed E-state index contributed by atoms with van der Waals surface area (Å²) in [6.07, 6.45) is 0. The molecule has 2 rings (SSSR count). The minimum Gasteiger partial charge on any atom is -0.320 e. The van der Waals surface area contributed by atoms with Crippen LogP contribution in [-0.2, 0) is 9.59 Å². The molecule has 0 saturated heterocycles. The van der Waals surface area contributed by atoms with Crippen LogP contribution in [0.5, 0.6) is 0 Å². The van der Waals surface area contributed by atoms with E-state index in [4.69, 9.17) is 0 Å². The summed E-state index contributed by atoms with van der Waals surface area (Å²) < 4.78 is 0. The van der Waals surface area contributed by atoms with Gasteiger partial charge in [-0.3, -0.25) is 9.59 Å². The second kappa shape index (κ2) is 3.53. The summed E-state index contributed by atoms with van der Waals surface area (Å²) in [5.74, 6) is -0.885. The highest BCUT2D eigenvalue weighted by molar-refractivity contribution is 6.53. The Balaban J connectivity index is 2.37. The number of anilines is 1. The van der Waals surface area contributed by atoms with Crippen LogP contribution in [0.1, 0.15) is 5.56 Å². The zero-order valence-electron chi connectivity index (χ0n) is 7.78. The maximum absolute atomic E-state index is 11.4. The number of hydrogen-bond acceptors (Lipinski definition) is 3. The van der Waals surface area contributed by atoms with E-state index in [0.717, 1.165) is 0 Å². The molecule has 1 aliphatic rings. The van der Waals surface area contributed by atoms with Gasteiger partial charge in [0.05, 0.1) is 5.69 Å². The van der Waals surface area contributed by atoms with E-state index >= 15 is 0 Å². The van der Waals surface area contributed by atoms with Gasteiger partial charge in [0.15, 0.2) is 5.71 Å². The molecule has 75 valence electrons. The second-order valence-electron chi connectivity index (χ2n) is 3.00. The number of amides is 2. The highest BCUT2D eigenvalue weighted by atomic mass is 16.2. The first-order valence-electron chi connectivity index (χ1n) is 4.29.